The molecule has 0 radical (unpaired) electrons. The van der Waals surface area contributed by atoms with Crippen LogP contribution in [0.2, 0.25) is 0 Å². The number of nitrogens with zero attached hydrogens (tertiary/aromatic N) is 2. The highest BCUT2D eigenvalue weighted by Gasteiger charge is 2.19. The van der Waals surface area contributed by atoms with Crippen molar-refractivity contribution in [3.05, 3.63) is 66.5 Å². The maximum absolute atomic E-state index is 12.4. The summed E-state index contributed by atoms with van der Waals surface area (Å²) < 4.78 is 6.82. The molecule has 1 heterocycles. The molecule has 7 nitrogen and oxygen atoms in total. The van der Waals surface area contributed by atoms with Crippen LogP contribution < -0.4 is 10.00 Å². The molecule has 3 aromatic rings. The minimum Gasteiger partial charge on any atom is -0.462 e. The number of rotatable bonds is 7. The number of ether oxygens (including phenoxy) is 1. The summed E-state index contributed by atoms with van der Waals surface area (Å²) in [5, 5.41) is 6.45. The van der Waals surface area contributed by atoms with Crippen LogP contribution in [0, 0.1) is 0 Å². The highest BCUT2D eigenvalue weighted by molar-refractivity contribution is 7.99. The van der Waals surface area contributed by atoms with Gasteiger partial charge in [0, 0.05) is 0 Å². The van der Waals surface area contributed by atoms with Gasteiger partial charge in [-0.1, -0.05) is 30.3 Å². The fraction of sp³-hybridized carbons (Fsp3) is 0.158. The maximum Gasteiger partial charge on any atom is 0.385 e. The third-order valence-corrected chi connectivity index (χ3v) is 4.55. The van der Waals surface area contributed by atoms with Gasteiger partial charge >= 0.3 is 11.1 Å². The second kappa shape index (κ2) is 9.00. The molecule has 0 saturated heterocycles. The first-order chi connectivity index (χ1) is 13.2. The molecule has 0 spiro atoms. The van der Waals surface area contributed by atoms with E-state index in [2.05, 4.69) is 15.4 Å². The summed E-state index contributed by atoms with van der Waals surface area (Å²) in [4.78, 5) is 28.6. The van der Waals surface area contributed by atoms with Gasteiger partial charge in [0.15, 0.2) is 5.69 Å². The molecule has 1 aromatic heterocycles. The van der Waals surface area contributed by atoms with E-state index in [9.17, 15) is 9.59 Å². The molecule has 0 aliphatic rings. The molecular weight excluding hydrogens is 364 g/mol. The largest absolute Gasteiger partial charge is 0.462 e. The molecule has 1 amide bonds. The smallest absolute Gasteiger partial charge is 0.385 e. The Morgan fingerprint density at radius 2 is 1.89 bits per heavy atom. The average Bonchev–Trinajstić information content (AvgIpc) is 3.16. The van der Waals surface area contributed by atoms with Gasteiger partial charge in [0.2, 0.25) is 12.2 Å². The van der Waals surface area contributed by atoms with Crippen molar-refractivity contribution in [2.75, 3.05) is 17.7 Å². The molecule has 0 atom stereocenters. The summed E-state index contributed by atoms with van der Waals surface area (Å²) in [6.07, 6.45) is 1.57. The minimum absolute atomic E-state index is 0.148. The first-order valence-electron chi connectivity index (χ1n) is 8.38. The molecule has 2 N–H and O–H groups in total. The van der Waals surface area contributed by atoms with Gasteiger partial charge in [-0.2, -0.15) is 5.10 Å². The van der Waals surface area contributed by atoms with E-state index in [0.717, 1.165) is 5.69 Å². The number of carbonyl (C=O) groups is 2. The van der Waals surface area contributed by atoms with Crippen molar-refractivity contribution in [2.24, 2.45) is 0 Å². The number of H-pyrrole nitrogens is 1. The minimum atomic E-state index is -0.463. The molecular formula is C19H19N4O3S+. The topological polar surface area (TPSA) is 88.0 Å². The molecule has 0 fully saturated rings. The highest BCUT2D eigenvalue weighted by Crippen LogP contribution is 2.18. The second-order valence-electron chi connectivity index (χ2n) is 5.44. The number of para-hydroxylation sites is 2. The normalized spacial score (nSPS) is 10.4. The Kier molecular flexibility index (Phi) is 6.22. The number of hydrogen-bond donors (Lipinski definition) is 2. The van der Waals surface area contributed by atoms with Crippen LogP contribution in [0.1, 0.15) is 17.3 Å². The third kappa shape index (κ3) is 4.73. The lowest BCUT2D eigenvalue weighted by Crippen LogP contribution is -2.35. The van der Waals surface area contributed by atoms with Crippen LogP contribution in [0.15, 0.2) is 66.1 Å². The summed E-state index contributed by atoms with van der Waals surface area (Å²) >= 11 is 1.29. The summed E-state index contributed by atoms with van der Waals surface area (Å²) in [5.41, 5.74) is 1.68. The van der Waals surface area contributed by atoms with E-state index >= 15 is 0 Å². The van der Waals surface area contributed by atoms with Gasteiger partial charge in [-0.3, -0.25) is 4.79 Å². The number of thioether (sulfide) groups is 1. The van der Waals surface area contributed by atoms with Crippen molar-refractivity contribution in [2.45, 2.75) is 12.1 Å². The number of aromatic amines is 1. The first-order valence-corrected chi connectivity index (χ1v) is 9.37. The van der Waals surface area contributed by atoms with E-state index in [1.54, 1.807) is 42.2 Å². The molecule has 8 heteroatoms. The van der Waals surface area contributed by atoms with Crippen molar-refractivity contribution < 1.29 is 19.0 Å². The zero-order valence-electron chi connectivity index (χ0n) is 14.7. The van der Waals surface area contributed by atoms with E-state index in [0.29, 0.717) is 16.4 Å². The van der Waals surface area contributed by atoms with Gasteiger partial charge in [-0.15, -0.1) is 4.68 Å². The van der Waals surface area contributed by atoms with Crippen LogP contribution in [0.5, 0.6) is 0 Å². The fourth-order valence-corrected chi connectivity index (χ4v) is 3.16. The Hall–Kier alpha value is -3.13. The Morgan fingerprint density at radius 3 is 2.67 bits per heavy atom. The number of amides is 1. The second-order valence-corrected chi connectivity index (χ2v) is 6.39. The van der Waals surface area contributed by atoms with Gasteiger partial charge in [0.1, 0.15) is 0 Å². The van der Waals surface area contributed by atoms with Crippen molar-refractivity contribution in [3.8, 4) is 5.69 Å². The third-order valence-electron chi connectivity index (χ3n) is 3.60. The van der Waals surface area contributed by atoms with E-state index in [4.69, 9.17) is 4.74 Å². The van der Waals surface area contributed by atoms with Crippen LogP contribution in [0.4, 0.5) is 5.69 Å². The number of benzene rings is 2. The van der Waals surface area contributed by atoms with Crippen molar-refractivity contribution in [1.29, 1.82) is 0 Å². The van der Waals surface area contributed by atoms with E-state index in [-0.39, 0.29) is 18.3 Å². The Labute approximate surface area is 160 Å². The summed E-state index contributed by atoms with van der Waals surface area (Å²) in [5.74, 6) is -0.552. The van der Waals surface area contributed by atoms with Crippen LogP contribution in [0.3, 0.4) is 0 Å². The Morgan fingerprint density at radius 1 is 1.15 bits per heavy atom. The Bertz CT molecular complexity index is 927. The van der Waals surface area contributed by atoms with Gasteiger partial charge in [-0.25, -0.2) is 4.79 Å². The summed E-state index contributed by atoms with van der Waals surface area (Å²) in [6, 6.07) is 16.4. The predicted molar refractivity (Wildman–Crippen MR) is 102 cm³/mol. The lowest BCUT2D eigenvalue weighted by molar-refractivity contribution is -0.694. The number of aromatic nitrogens is 3. The number of carbonyl (C=O) groups excluding carboxylic acids is 2. The lowest BCUT2D eigenvalue weighted by atomic mass is 10.2. The molecule has 27 heavy (non-hydrogen) atoms. The van der Waals surface area contributed by atoms with E-state index in [1.807, 2.05) is 30.3 Å². The van der Waals surface area contributed by atoms with Crippen LogP contribution >= 0.6 is 11.8 Å². The molecule has 0 unspecified atom stereocenters. The van der Waals surface area contributed by atoms with Gasteiger partial charge in [0.25, 0.3) is 0 Å². The number of anilines is 1. The SMILES string of the molecule is CCOC(=O)c1ccccc1NC(=O)CSc1nc[nH][n+]1-c1ccccc1. The lowest BCUT2D eigenvalue weighted by Gasteiger charge is -2.09. The monoisotopic (exact) mass is 383 g/mol. The van der Waals surface area contributed by atoms with Crippen molar-refractivity contribution >= 4 is 29.3 Å². The van der Waals surface area contributed by atoms with Crippen LogP contribution in [-0.2, 0) is 9.53 Å². The quantitative estimate of drug-likeness (QED) is 0.372. The maximum atomic E-state index is 12.4. The van der Waals surface area contributed by atoms with Crippen LogP contribution in [-0.4, -0.2) is 34.3 Å². The van der Waals surface area contributed by atoms with Gasteiger partial charge < -0.3 is 10.1 Å². The standard InChI is InChI=1S/C19H18N4O3S/c1-2-26-18(25)15-10-6-7-11-16(15)22-17(24)12-27-19-20-13-21-23(19)14-8-4-3-5-9-14/h3-11,13H,2,12H2,1H3,(H,22,24,25)/p+1. The zero-order chi connectivity index (χ0) is 19.1. The average molecular weight is 383 g/mol. The van der Waals surface area contributed by atoms with Crippen LogP contribution in [0.25, 0.3) is 5.69 Å². The first kappa shape index (κ1) is 18.7. The molecule has 0 saturated carbocycles. The summed E-state index contributed by atoms with van der Waals surface area (Å²) in [6.45, 7) is 2.01. The molecule has 0 aliphatic heterocycles. The number of nitrogens with one attached hydrogen (secondary N) is 2. The number of hydrogen-bond acceptors (Lipinski definition) is 5. The van der Waals surface area contributed by atoms with Gasteiger partial charge in [0.05, 0.1) is 23.6 Å². The van der Waals surface area contributed by atoms with Gasteiger partial charge in [-0.05, 0) is 47.9 Å². The van der Waals surface area contributed by atoms with E-state index in [1.165, 1.54) is 11.8 Å². The number of esters is 1. The Balaban J connectivity index is 1.65. The molecule has 138 valence electrons. The molecule has 3 rings (SSSR count). The van der Waals surface area contributed by atoms with Crippen molar-refractivity contribution in [1.82, 2.24) is 10.1 Å². The van der Waals surface area contributed by atoms with E-state index < -0.39 is 5.97 Å². The fourth-order valence-electron chi connectivity index (χ4n) is 2.41. The molecule has 2 aromatic carbocycles. The zero-order valence-corrected chi connectivity index (χ0v) is 15.5. The predicted octanol–water partition coefficient (Wildman–Crippen LogP) is 2.59. The molecule has 0 bridgehead atoms. The summed E-state index contributed by atoms with van der Waals surface area (Å²) in [7, 11) is 0. The molecule has 0 aliphatic carbocycles. The van der Waals surface area contributed by atoms with Crippen molar-refractivity contribution in [3.63, 3.8) is 0 Å². The highest BCUT2D eigenvalue weighted by atomic mass is 32.2.